The molecule has 0 spiro atoms. The number of ether oxygens (including phenoxy) is 1. The number of methoxy groups -OCH3 is 1. The van der Waals surface area contributed by atoms with Gasteiger partial charge in [0.15, 0.2) is 0 Å². The second-order valence-electron chi connectivity index (χ2n) is 4.30. The van der Waals surface area contributed by atoms with E-state index >= 15 is 0 Å². The maximum Gasteiger partial charge on any atom is 0.148 e. The lowest BCUT2D eigenvalue weighted by atomic mass is 10.2. The maximum atomic E-state index is 6.10. The molecular formula is C16H13ClN2O. The van der Waals surface area contributed by atoms with Gasteiger partial charge in [-0.3, -0.25) is 4.57 Å². The SMILES string of the molecule is COc1ccc(Cl)cc1-c1nccn1-c1ccccc1. The summed E-state index contributed by atoms with van der Waals surface area (Å²) in [5, 5.41) is 0.656. The molecule has 0 N–H and O–H groups in total. The second kappa shape index (κ2) is 5.39. The molecule has 3 nitrogen and oxygen atoms in total. The van der Waals surface area contributed by atoms with E-state index in [0.29, 0.717) is 5.02 Å². The topological polar surface area (TPSA) is 27.1 Å². The molecule has 0 amide bonds. The van der Waals surface area contributed by atoms with E-state index in [-0.39, 0.29) is 0 Å². The molecule has 0 unspecified atom stereocenters. The number of para-hydroxylation sites is 1. The summed E-state index contributed by atoms with van der Waals surface area (Å²) in [6, 6.07) is 15.6. The van der Waals surface area contributed by atoms with Gasteiger partial charge in [-0.05, 0) is 30.3 Å². The van der Waals surface area contributed by atoms with Crippen LogP contribution in [0.15, 0.2) is 60.9 Å². The van der Waals surface area contributed by atoms with Crippen LogP contribution in [0.2, 0.25) is 5.02 Å². The molecule has 0 saturated carbocycles. The highest BCUT2D eigenvalue weighted by Gasteiger charge is 2.13. The molecule has 1 aromatic heterocycles. The number of hydrogen-bond donors (Lipinski definition) is 0. The number of hydrogen-bond acceptors (Lipinski definition) is 2. The molecule has 0 atom stereocenters. The van der Waals surface area contributed by atoms with Crippen molar-refractivity contribution in [3.05, 3.63) is 65.9 Å². The lowest BCUT2D eigenvalue weighted by molar-refractivity contribution is 0.416. The lowest BCUT2D eigenvalue weighted by Crippen LogP contribution is -1.98. The summed E-state index contributed by atoms with van der Waals surface area (Å²) in [6.45, 7) is 0. The first kappa shape index (κ1) is 12.8. The Balaban J connectivity index is 2.18. The van der Waals surface area contributed by atoms with Gasteiger partial charge in [0.25, 0.3) is 0 Å². The number of aromatic nitrogens is 2. The first-order valence-corrected chi connectivity index (χ1v) is 6.60. The van der Waals surface area contributed by atoms with E-state index in [1.165, 1.54) is 0 Å². The first-order chi connectivity index (χ1) is 9.79. The molecule has 0 bridgehead atoms. The van der Waals surface area contributed by atoms with E-state index in [0.717, 1.165) is 22.8 Å². The first-order valence-electron chi connectivity index (χ1n) is 6.22. The van der Waals surface area contributed by atoms with Crippen LogP contribution in [-0.4, -0.2) is 16.7 Å². The fourth-order valence-corrected chi connectivity index (χ4v) is 2.33. The maximum absolute atomic E-state index is 6.10. The smallest absolute Gasteiger partial charge is 0.148 e. The zero-order chi connectivity index (χ0) is 13.9. The van der Waals surface area contributed by atoms with Crippen molar-refractivity contribution < 1.29 is 4.74 Å². The summed E-state index contributed by atoms with van der Waals surface area (Å²) in [5.74, 6) is 1.55. The monoisotopic (exact) mass is 284 g/mol. The van der Waals surface area contributed by atoms with Crippen molar-refractivity contribution in [3.8, 4) is 22.8 Å². The van der Waals surface area contributed by atoms with Crippen LogP contribution in [0.3, 0.4) is 0 Å². The Morgan fingerprint density at radius 2 is 1.90 bits per heavy atom. The Kier molecular flexibility index (Phi) is 3.44. The molecule has 3 rings (SSSR count). The third-order valence-electron chi connectivity index (χ3n) is 3.08. The zero-order valence-corrected chi connectivity index (χ0v) is 11.7. The Morgan fingerprint density at radius 3 is 2.65 bits per heavy atom. The fourth-order valence-electron chi connectivity index (χ4n) is 2.15. The van der Waals surface area contributed by atoms with E-state index in [1.54, 1.807) is 19.4 Å². The van der Waals surface area contributed by atoms with E-state index in [4.69, 9.17) is 16.3 Å². The van der Waals surface area contributed by atoms with Crippen LogP contribution in [0.1, 0.15) is 0 Å². The van der Waals surface area contributed by atoms with Gasteiger partial charge in [0.05, 0.1) is 12.7 Å². The van der Waals surface area contributed by atoms with Gasteiger partial charge < -0.3 is 4.74 Å². The van der Waals surface area contributed by atoms with E-state index < -0.39 is 0 Å². The molecule has 0 aliphatic carbocycles. The minimum atomic E-state index is 0.656. The average molecular weight is 285 g/mol. The van der Waals surface area contributed by atoms with E-state index in [2.05, 4.69) is 4.98 Å². The summed E-state index contributed by atoms with van der Waals surface area (Å²) in [6.07, 6.45) is 3.69. The van der Waals surface area contributed by atoms with Crippen LogP contribution in [0.4, 0.5) is 0 Å². The second-order valence-corrected chi connectivity index (χ2v) is 4.74. The van der Waals surface area contributed by atoms with Gasteiger partial charge >= 0.3 is 0 Å². The Bertz CT molecular complexity index is 722. The van der Waals surface area contributed by atoms with Crippen LogP contribution in [0, 0.1) is 0 Å². The molecule has 0 aliphatic heterocycles. The summed E-state index contributed by atoms with van der Waals surface area (Å²) < 4.78 is 7.41. The molecule has 20 heavy (non-hydrogen) atoms. The molecule has 0 fully saturated rings. The van der Waals surface area contributed by atoms with Crippen molar-refractivity contribution in [2.24, 2.45) is 0 Å². The van der Waals surface area contributed by atoms with Gasteiger partial charge in [-0.2, -0.15) is 0 Å². The normalized spacial score (nSPS) is 10.5. The molecule has 100 valence electrons. The van der Waals surface area contributed by atoms with Crippen molar-refractivity contribution in [1.82, 2.24) is 9.55 Å². The molecule has 4 heteroatoms. The van der Waals surface area contributed by atoms with Crippen molar-refractivity contribution >= 4 is 11.6 Å². The fraction of sp³-hybridized carbons (Fsp3) is 0.0625. The Labute approximate surface area is 122 Å². The number of benzene rings is 2. The van der Waals surface area contributed by atoms with Gasteiger partial charge in [0.2, 0.25) is 0 Å². The predicted molar refractivity (Wildman–Crippen MR) is 80.6 cm³/mol. The minimum Gasteiger partial charge on any atom is -0.496 e. The van der Waals surface area contributed by atoms with Crippen LogP contribution >= 0.6 is 11.6 Å². The van der Waals surface area contributed by atoms with E-state index in [9.17, 15) is 0 Å². The summed E-state index contributed by atoms with van der Waals surface area (Å²) >= 11 is 6.10. The Morgan fingerprint density at radius 1 is 1.10 bits per heavy atom. The van der Waals surface area contributed by atoms with Crippen molar-refractivity contribution in [1.29, 1.82) is 0 Å². The van der Waals surface area contributed by atoms with Gasteiger partial charge in [-0.15, -0.1) is 0 Å². The molecule has 0 aliphatic rings. The van der Waals surface area contributed by atoms with Crippen LogP contribution in [0.5, 0.6) is 5.75 Å². The largest absolute Gasteiger partial charge is 0.496 e. The third kappa shape index (κ3) is 2.28. The van der Waals surface area contributed by atoms with Crippen LogP contribution < -0.4 is 4.74 Å². The molecular weight excluding hydrogens is 272 g/mol. The van der Waals surface area contributed by atoms with Crippen LogP contribution in [-0.2, 0) is 0 Å². The van der Waals surface area contributed by atoms with Gasteiger partial charge in [0.1, 0.15) is 11.6 Å². The standard InChI is InChI=1S/C16H13ClN2O/c1-20-15-8-7-12(17)11-14(15)16-18-9-10-19(16)13-5-3-2-4-6-13/h2-11H,1H3. The number of halogens is 1. The van der Waals surface area contributed by atoms with Gasteiger partial charge in [0, 0.05) is 23.1 Å². The zero-order valence-electron chi connectivity index (χ0n) is 11.0. The predicted octanol–water partition coefficient (Wildman–Crippen LogP) is 4.20. The molecule has 3 aromatic rings. The van der Waals surface area contributed by atoms with Crippen LogP contribution in [0.25, 0.3) is 17.1 Å². The molecule has 1 heterocycles. The number of nitrogens with zero attached hydrogens (tertiary/aromatic N) is 2. The number of imidazole rings is 1. The Hall–Kier alpha value is -2.26. The minimum absolute atomic E-state index is 0.656. The molecule has 0 radical (unpaired) electrons. The third-order valence-corrected chi connectivity index (χ3v) is 3.31. The molecule has 2 aromatic carbocycles. The highest BCUT2D eigenvalue weighted by molar-refractivity contribution is 6.30. The summed E-state index contributed by atoms with van der Waals surface area (Å²) in [5.41, 5.74) is 1.91. The van der Waals surface area contributed by atoms with Gasteiger partial charge in [-0.1, -0.05) is 29.8 Å². The van der Waals surface area contributed by atoms with E-state index in [1.807, 2.05) is 53.2 Å². The quantitative estimate of drug-likeness (QED) is 0.721. The lowest BCUT2D eigenvalue weighted by Gasteiger charge is -2.11. The van der Waals surface area contributed by atoms with Crippen molar-refractivity contribution in [3.63, 3.8) is 0 Å². The van der Waals surface area contributed by atoms with Gasteiger partial charge in [-0.25, -0.2) is 4.98 Å². The number of rotatable bonds is 3. The highest BCUT2D eigenvalue weighted by atomic mass is 35.5. The molecule has 0 saturated heterocycles. The van der Waals surface area contributed by atoms with Crippen molar-refractivity contribution in [2.75, 3.05) is 7.11 Å². The summed E-state index contributed by atoms with van der Waals surface area (Å²) in [7, 11) is 1.64. The average Bonchev–Trinajstić information content (AvgIpc) is 2.97. The highest BCUT2D eigenvalue weighted by Crippen LogP contribution is 2.32. The van der Waals surface area contributed by atoms with Crippen molar-refractivity contribution in [2.45, 2.75) is 0 Å². The summed E-state index contributed by atoms with van der Waals surface area (Å²) in [4.78, 5) is 4.44.